The molecule has 2 aliphatic rings. The second-order valence-electron chi connectivity index (χ2n) is 6.44. The van der Waals surface area contributed by atoms with Crippen LogP contribution in [0.4, 0.5) is 0 Å². The lowest BCUT2D eigenvalue weighted by molar-refractivity contribution is -0.0942. The first-order valence-corrected chi connectivity index (χ1v) is 9.39. The van der Waals surface area contributed by atoms with Crippen molar-refractivity contribution in [3.05, 3.63) is 21.4 Å². The highest BCUT2D eigenvalue weighted by atomic mass is 32.1. The number of hydrogen-bond donors (Lipinski definition) is 2. The summed E-state index contributed by atoms with van der Waals surface area (Å²) < 4.78 is 11.4. The molecule has 0 aromatic carbocycles. The van der Waals surface area contributed by atoms with E-state index < -0.39 is 0 Å². The predicted molar refractivity (Wildman–Crippen MR) is 92.6 cm³/mol. The summed E-state index contributed by atoms with van der Waals surface area (Å²) >= 11 is 1.59. The van der Waals surface area contributed by atoms with Gasteiger partial charge in [-0.2, -0.15) is 0 Å². The summed E-state index contributed by atoms with van der Waals surface area (Å²) in [6, 6.07) is 2.04. The van der Waals surface area contributed by atoms with E-state index in [-0.39, 0.29) is 18.1 Å². The van der Waals surface area contributed by atoms with E-state index in [1.807, 2.05) is 6.07 Å². The highest BCUT2D eigenvalue weighted by Gasteiger charge is 2.41. The van der Waals surface area contributed by atoms with Crippen molar-refractivity contribution in [3.63, 3.8) is 0 Å². The first kappa shape index (κ1) is 17.8. The molecule has 1 aromatic heterocycles. The molecule has 1 aromatic rings. The zero-order valence-corrected chi connectivity index (χ0v) is 15.0. The molecule has 7 heteroatoms. The van der Waals surface area contributed by atoms with Gasteiger partial charge < -0.3 is 24.8 Å². The van der Waals surface area contributed by atoms with Crippen molar-refractivity contribution in [1.82, 2.24) is 10.2 Å². The monoisotopic (exact) mass is 354 g/mol. The number of carbonyl (C=O) groups is 1. The molecule has 1 amide bonds. The maximum absolute atomic E-state index is 12.4. The van der Waals surface area contributed by atoms with E-state index in [1.165, 1.54) is 10.4 Å². The van der Waals surface area contributed by atoms with Gasteiger partial charge >= 0.3 is 0 Å². The Labute approximate surface area is 146 Å². The van der Waals surface area contributed by atoms with Crippen molar-refractivity contribution in [1.29, 1.82) is 0 Å². The van der Waals surface area contributed by atoms with Crippen molar-refractivity contribution in [2.75, 3.05) is 53.1 Å². The minimum atomic E-state index is -0.195. The number of piperidine rings is 1. The second-order valence-corrected chi connectivity index (χ2v) is 7.57. The summed E-state index contributed by atoms with van der Waals surface area (Å²) in [6.07, 6.45) is 2.87. The van der Waals surface area contributed by atoms with Crippen LogP contribution in [0.1, 0.15) is 33.0 Å². The summed E-state index contributed by atoms with van der Waals surface area (Å²) in [5, 5.41) is 11.5. The van der Waals surface area contributed by atoms with Crippen LogP contribution >= 0.6 is 11.3 Å². The maximum atomic E-state index is 12.4. The molecule has 0 saturated carbocycles. The lowest BCUT2D eigenvalue weighted by atomic mass is 9.82. The van der Waals surface area contributed by atoms with Crippen LogP contribution in [0.2, 0.25) is 0 Å². The minimum absolute atomic E-state index is 0.00284. The Kier molecular flexibility index (Phi) is 5.89. The summed E-state index contributed by atoms with van der Waals surface area (Å²) in [4.78, 5) is 16.7. The van der Waals surface area contributed by atoms with Gasteiger partial charge in [-0.05, 0) is 31.5 Å². The number of nitrogens with one attached hydrogen (secondary N) is 1. The summed E-state index contributed by atoms with van der Waals surface area (Å²) in [5.74, 6) is -0.0509. The molecule has 3 rings (SSSR count). The number of nitrogens with zero attached hydrogens (tertiary/aromatic N) is 1. The molecule has 134 valence electrons. The number of amides is 1. The van der Waals surface area contributed by atoms with E-state index in [0.29, 0.717) is 19.8 Å². The third-order valence-electron chi connectivity index (χ3n) is 4.79. The molecule has 24 heavy (non-hydrogen) atoms. The van der Waals surface area contributed by atoms with Crippen molar-refractivity contribution in [3.8, 4) is 0 Å². The Hall–Kier alpha value is -0.990. The summed E-state index contributed by atoms with van der Waals surface area (Å²) in [6.45, 7) is 3.97. The smallest absolute Gasteiger partial charge is 0.261 e. The largest absolute Gasteiger partial charge is 0.394 e. The fourth-order valence-electron chi connectivity index (χ4n) is 3.41. The number of ether oxygens (including phenoxy) is 2. The van der Waals surface area contributed by atoms with Gasteiger partial charge in [0.15, 0.2) is 0 Å². The SMILES string of the molecule is CN1CCC2(CC1)OCCc1sc(C(=O)NCCOCCO)cc12. The lowest BCUT2D eigenvalue weighted by Crippen LogP contribution is -2.44. The van der Waals surface area contributed by atoms with Crippen LogP contribution in [-0.2, 0) is 21.5 Å². The Morgan fingerprint density at radius 3 is 3.00 bits per heavy atom. The van der Waals surface area contributed by atoms with Gasteiger partial charge in [-0.3, -0.25) is 4.79 Å². The molecule has 1 spiro atoms. The Morgan fingerprint density at radius 1 is 1.46 bits per heavy atom. The highest BCUT2D eigenvalue weighted by molar-refractivity contribution is 7.14. The van der Waals surface area contributed by atoms with Crippen molar-refractivity contribution in [2.24, 2.45) is 0 Å². The zero-order valence-electron chi connectivity index (χ0n) is 14.2. The van der Waals surface area contributed by atoms with Crippen LogP contribution < -0.4 is 5.32 Å². The molecule has 0 bridgehead atoms. The van der Waals surface area contributed by atoms with Crippen LogP contribution in [0.3, 0.4) is 0 Å². The lowest BCUT2D eigenvalue weighted by Gasteiger charge is -2.43. The average Bonchev–Trinajstić information content (AvgIpc) is 3.03. The van der Waals surface area contributed by atoms with Crippen LogP contribution in [0.15, 0.2) is 6.07 Å². The quantitative estimate of drug-likeness (QED) is 0.745. The molecule has 0 atom stereocenters. The van der Waals surface area contributed by atoms with Gasteiger partial charge in [-0.1, -0.05) is 0 Å². The first-order valence-electron chi connectivity index (χ1n) is 8.57. The van der Waals surface area contributed by atoms with Crippen molar-refractivity contribution in [2.45, 2.75) is 24.9 Å². The van der Waals surface area contributed by atoms with E-state index in [2.05, 4.69) is 17.3 Å². The van der Waals surface area contributed by atoms with Crippen LogP contribution in [0.5, 0.6) is 0 Å². The number of fused-ring (bicyclic) bond motifs is 2. The number of hydrogen-bond acceptors (Lipinski definition) is 6. The molecular weight excluding hydrogens is 328 g/mol. The number of thiophene rings is 1. The zero-order chi connectivity index (χ0) is 17.0. The third kappa shape index (κ3) is 3.81. The Bertz CT molecular complexity index is 567. The molecule has 0 unspecified atom stereocenters. The van der Waals surface area contributed by atoms with Crippen LogP contribution in [-0.4, -0.2) is 69.0 Å². The van der Waals surface area contributed by atoms with Crippen LogP contribution in [0.25, 0.3) is 0 Å². The predicted octanol–water partition coefficient (Wildman–Crippen LogP) is 0.980. The Balaban J connectivity index is 1.65. The van der Waals surface area contributed by atoms with Gasteiger partial charge in [0.1, 0.15) is 0 Å². The van der Waals surface area contributed by atoms with Gasteiger partial charge in [-0.25, -0.2) is 0 Å². The molecular formula is C17H26N2O4S. The fraction of sp³-hybridized carbons (Fsp3) is 0.706. The van der Waals surface area contributed by atoms with Crippen molar-refractivity contribution >= 4 is 17.2 Å². The average molecular weight is 354 g/mol. The van der Waals surface area contributed by atoms with Crippen molar-refractivity contribution < 1.29 is 19.4 Å². The number of rotatable bonds is 6. The Morgan fingerprint density at radius 2 is 2.25 bits per heavy atom. The van der Waals surface area contributed by atoms with Crippen LogP contribution in [0, 0.1) is 0 Å². The molecule has 3 heterocycles. The first-order chi connectivity index (χ1) is 11.6. The normalized spacial score (nSPS) is 20.1. The van der Waals surface area contributed by atoms with Gasteiger partial charge in [0, 0.05) is 30.9 Å². The number of carbonyl (C=O) groups excluding carboxylic acids is 1. The molecule has 6 nitrogen and oxygen atoms in total. The molecule has 2 aliphatic heterocycles. The van der Waals surface area contributed by atoms with E-state index in [9.17, 15) is 4.79 Å². The molecule has 1 saturated heterocycles. The molecule has 0 radical (unpaired) electrons. The summed E-state index contributed by atoms with van der Waals surface area (Å²) in [5.41, 5.74) is 1.04. The van der Waals surface area contributed by atoms with Gasteiger partial charge in [0.25, 0.3) is 5.91 Å². The van der Waals surface area contributed by atoms with E-state index in [1.54, 1.807) is 11.3 Å². The van der Waals surface area contributed by atoms with E-state index >= 15 is 0 Å². The topological polar surface area (TPSA) is 71.0 Å². The van der Waals surface area contributed by atoms with Gasteiger partial charge in [0.2, 0.25) is 0 Å². The van der Waals surface area contributed by atoms with Gasteiger partial charge in [0.05, 0.1) is 36.9 Å². The minimum Gasteiger partial charge on any atom is -0.394 e. The third-order valence-corrected chi connectivity index (χ3v) is 5.99. The van der Waals surface area contributed by atoms with Gasteiger partial charge in [-0.15, -0.1) is 11.3 Å². The van der Waals surface area contributed by atoms with E-state index in [0.717, 1.165) is 43.8 Å². The van der Waals surface area contributed by atoms with E-state index in [4.69, 9.17) is 14.6 Å². The maximum Gasteiger partial charge on any atom is 0.261 e. The molecule has 0 aliphatic carbocycles. The summed E-state index contributed by atoms with van der Waals surface area (Å²) in [7, 11) is 2.14. The number of aliphatic hydroxyl groups is 1. The fourth-order valence-corrected chi connectivity index (χ4v) is 4.56. The molecule has 2 N–H and O–H groups in total. The standard InChI is InChI=1S/C17H26N2O4S/c1-19-6-3-17(4-7-19)13-12-15(24-14(13)2-9-23-17)16(21)18-5-10-22-11-8-20/h12,20H,2-11H2,1H3,(H,18,21). The molecule has 1 fully saturated rings. The number of aliphatic hydroxyl groups excluding tert-OH is 1. The highest BCUT2D eigenvalue weighted by Crippen LogP contribution is 2.44. The second kappa shape index (κ2) is 7.93. The number of likely N-dealkylation sites (tertiary alicyclic amines) is 1.